The molecule has 45 heavy (non-hydrogen) atoms. The SMILES string of the molecule is C[C@]1(c2ccc(Cl)c(O)c2)C(=O)Nc2nc(-c3cn4ncnc4c(CCC(F)(F)C(F)(F)F)n3)nc(NC[C@H](O)C(F)(F)F)c21. The van der Waals surface area contributed by atoms with E-state index in [0.717, 1.165) is 23.1 Å². The first-order valence-electron chi connectivity index (χ1n) is 12.7. The number of aromatic nitrogens is 6. The minimum absolute atomic E-state index is 0.0578. The summed E-state index contributed by atoms with van der Waals surface area (Å²) < 4.78 is 106. The molecule has 5 rings (SSSR count). The molecule has 20 heteroatoms. The second-order valence-electron chi connectivity index (χ2n) is 10.1. The highest BCUT2D eigenvalue weighted by Crippen LogP contribution is 2.47. The van der Waals surface area contributed by atoms with Crippen LogP contribution in [0.15, 0.2) is 30.7 Å². The number of aryl methyl sites for hydroxylation is 1. The number of hydrogen-bond donors (Lipinski definition) is 4. The van der Waals surface area contributed by atoms with Crippen molar-refractivity contribution in [1.82, 2.24) is 29.5 Å². The molecular formula is C25H19ClF8N8O3. The van der Waals surface area contributed by atoms with Crippen LogP contribution in [0.25, 0.3) is 17.2 Å². The largest absolute Gasteiger partial charge is 0.506 e. The van der Waals surface area contributed by atoms with Gasteiger partial charge in [-0.2, -0.15) is 40.2 Å². The van der Waals surface area contributed by atoms with Crippen molar-refractivity contribution in [2.45, 2.75) is 49.6 Å². The van der Waals surface area contributed by atoms with E-state index in [9.17, 15) is 50.1 Å². The van der Waals surface area contributed by atoms with Gasteiger partial charge in [0.15, 0.2) is 17.6 Å². The van der Waals surface area contributed by atoms with Crippen molar-refractivity contribution in [3.8, 4) is 17.3 Å². The maximum atomic E-state index is 13.7. The molecule has 0 fully saturated rings. The number of aromatic hydroxyl groups is 1. The second-order valence-corrected chi connectivity index (χ2v) is 10.5. The Kier molecular flexibility index (Phi) is 7.75. The highest BCUT2D eigenvalue weighted by atomic mass is 35.5. The molecule has 1 aliphatic heterocycles. The molecule has 0 radical (unpaired) electrons. The van der Waals surface area contributed by atoms with Crippen molar-refractivity contribution in [3.05, 3.63) is 52.6 Å². The molecule has 1 aliphatic rings. The first kappa shape index (κ1) is 32.0. The summed E-state index contributed by atoms with van der Waals surface area (Å²) >= 11 is 5.89. The average molecular weight is 667 g/mol. The van der Waals surface area contributed by atoms with Gasteiger partial charge in [-0.3, -0.25) is 4.79 Å². The molecule has 1 amide bonds. The number of carbonyl (C=O) groups excluding carboxylic acids is 1. The number of amides is 1. The lowest BCUT2D eigenvalue weighted by Gasteiger charge is -2.25. The highest BCUT2D eigenvalue weighted by molar-refractivity contribution is 6.32. The molecule has 3 aromatic heterocycles. The topological polar surface area (TPSA) is 150 Å². The van der Waals surface area contributed by atoms with E-state index in [2.05, 4.69) is 35.7 Å². The fourth-order valence-electron chi connectivity index (χ4n) is 4.61. The first-order valence-corrected chi connectivity index (χ1v) is 13.1. The van der Waals surface area contributed by atoms with Crippen molar-refractivity contribution in [1.29, 1.82) is 0 Å². The minimum Gasteiger partial charge on any atom is -0.506 e. The summed E-state index contributed by atoms with van der Waals surface area (Å²) in [5.74, 6) is -7.28. The van der Waals surface area contributed by atoms with Crippen LogP contribution >= 0.6 is 11.6 Å². The lowest BCUT2D eigenvalue weighted by Crippen LogP contribution is -2.36. The van der Waals surface area contributed by atoms with E-state index in [1.54, 1.807) is 0 Å². The van der Waals surface area contributed by atoms with Crippen LogP contribution in [-0.2, 0) is 16.6 Å². The minimum atomic E-state index is -5.83. The quantitative estimate of drug-likeness (QED) is 0.197. The number of anilines is 2. The number of alkyl halides is 8. The molecule has 0 saturated carbocycles. The molecule has 0 saturated heterocycles. The number of halogens is 9. The number of phenolic OH excluding ortho intramolecular Hbond substituents is 1. The summed E-state index contributed by atoms with van der Waals surface area (Å²) in [6.45, 7) is 0.222. The molecule has 0 unspecified atom stereocenters. The summed E-state index contributed by atoms with van der Waals surface area (Å²) in [4.78, 5) is 29.7. The van der Waals surface area contributed by atoms with Crippen LogP contribution in [-0.4, -0.2) is 76.6 Å². The second kappa shape index (κ2) is 10.9. The predicted molar refractivity (Wildman–Crippen MR) is 140 cm³/mol. The number of aliphatic hydroxyl groups is 1. The van der Waals surface area contributed by atoms with Crippen LogP contribution in [0.5, 0.6) is 5.75 Å². The lowest BCUT2D eigenvalue weighted by molar-refractivity contribution is -0.284. The Balaban J connectivity index is 1.64. The first-order chi connectivity index (χ1) is 20.8. The van der Waals surface area contributed by atoms with Crippen molar-refractivity contribution >= 4 is 34.8 Å². The Hall–Kier alpha value is -4.39. The average Bonchev–Trinajstić information content (AvgIpc) is 3.53. The number of carbonyl (C=O) groups is 1. The van der Waals surface area contributed by atoms with Crippen molar-refractivity contribution in [2.24, 2.45) is 0 Å². The zero-order valence-corrected chi connectivity index (χ0v) is 23.2. The van der Waals surface area contributed by atoms with Gasteiger partial charge in [0, 0.05) is 6.42 Å². The predicted octanol–water partition coefficient (Wildman–Crippen LogP) is 4.66. The van der Waals surface area contributed by atoms with Gasteiger partial charge in [-0.05, 0) is 31.0 Å². The summed E-state index contributed by atoms with van der Waals surface area (Å²) in [5, 5.41) is 28.4. The Morgan fingerprint density at radius 3 is 2.47 bits per heavy atom. The molecule has 1 aromatic carbocycles. The number of benzene rings is 1. The van der Waals surface area contributed by atoms with Gasteiger partial charge in [-0.1, -0.05) is 17.7 Å². The van der Waals surface area contributed by atoms with Crippen molar-refractivity contribution < 1.29 is 50.1 Å². The van der Waals surface area contributed by atoms with Gasteiger partial charge in [0.25, 0.3) is 0 Å². The van der Waals surface area contributed by atoms with Crippen LogP contribution in [0.1, 0.15) is 30.2 Å². The van der Waals surface area contributed by atoms with Gasteiger partial charge in [-0.15, -0.1) is 0 Å². The number of aliphatic hydroxyl groups excluding tert-OH is 1. The molecule has 240 valence electrons. The van der Waals surface area contributed by atoms with Crippen LogP contribution < -0.4 is 10.6 Å². The summed E-state index contributed by atoms with van der Waals surface area (Å²) in [6, 6.07) is 3.81. The van der Waals surface area contributed by atoms with Gasteiger partial charge >= 0.3 is 18.3 Å². The molecule has 4 aromatic rings. The summed E-state index contributed by atoms with van der Waals surface area (Å²) in [6.07, 6.45) is -14.3. The Bertz CT molecular complexity index is 1800. The van der Waals surface area contributed by atoms with Crippen LogP contribution in [0.3, 0.4) is 0 Å². The summed E-state index contributed by atoms with van der Waals surface area (Å²) in [7, 11) is 0. The van der Waals surface area contributed by atoms with Gasteiger partial charge in [0.05, 0.1) is 29.0 Å². The van der Waals surface area contributed by atoms with Gasteiger partial charge < -0.3 is 20.8 Å². The number of phenols is 1. The van der Waals surface area contributed by atoms with E-state index in [1.807, 2.05) is 0 Å². The van der Waals surface area contributed by atoms with Crippen molar-refractivity contribution in [2.75, 3.05) is 17.2 Å². The van der Waals surface area contributed by atoms with Crippen LogP contribution in [0.2, 0.25) is 5.02 Å². The van der Waals surface area contributed by atoms with Gasteiger partial charge in [0.2, 0.25) is 5.91 Å². The third kappa shape index (κ3) is 5.76. The molecule has 4 N–H and O–H groups in total. The standard InChI is InChI=1S/C25H19ClF8N8O3/c1-22(10-2-3-11(26)14(43)6-10)16-18(35-7-15(44)24(29,30)31)39-17(40-19(16)41-21(22)45)13-8-42-20(36-9-37-42)12(38-13)4-5-23(27,28)25(32,33)34/h2-3,6,8-9,15,43-44H,4-5,7H2,1H3,(H2,35,39,40,41,45)/t15-,22+/m0/s1. The molecule has 4 heterocycles. The van der Waals surface area contributed by atoms with Crippen LogP contribution in [0.4, 0.5) is 46.8 Å². The van der Waals surface area contributed by atoms with E-state index in [1.165, 1.54) is 19.1 Å². The summed E-state index contributed by atoms with van der Waals surface area (Å²) in [5.41, 5.74) is -2.50. The number of nitrogens with one attached hydrogen (secondary N) is 2. The Labute approximate surface area is 251 Å². The highest BCUT2D eigenvalue weighted by Gasteiger charge is 2.56. The maximum absolute atomic E-state index is 13.7. The van der Waals surface area contributed by atoms with E-state index in [-0.39, 0.29) is 39.0 Å². The lowest BCUT2D eigenvalue weighted by atomic mass is 9.77. The number of nitrogens with zero attached hydrogens (tertiary/aromatic N) is 6. The number of hydrogen-bond acceptors (Lipinski definition) is 9. The molecule has 11 nitrogen and oxygen atoms in total. The third-order valence-corrected chi connectivity index (χ3v) is 7.43. The van der Waals surface area contributed by atoms with Gasteiger partial charge in [-0.25, -0.2) is 24.5 Å². The normalized spacial score (nSPS) is 17.8. The number of fused-ring (bicyclic) bond motifs is 2. The fourth-order valence-corrected chi connectivity index (χ4v) is 4.72. The molecule has 0 bridgehead atoms. The fraction of sp³-hybridized carbons (Fsp3) is 0.360. The van der Waals surface area contributed by atoms with Gasteiger partial charge in [0.1, 0.15) is 34.8 Å². The van der Waals surface area contributed by atoms with E-state index in [0.29, 0.717) is 0 Å². The Morgan fingerprint density at radius 2 is 1.82 bits per heavy atom. The molecular weight excluding hydrogens is 648 g/mol. The Morgan fingerprint density at radius 1 is 1.11 bits per heavy atom. The third-order valence-electron chi connectivity index (χ3n) is 7.11. The van der Waals surface area contributed by atoms with E-state index in [4.69, 9.17) is 11.6 Å². The van der Waals surface area contributed by atoms with Crippen molar-refractivity contribution in [3.63, 3.8) is 0 Å². The van der Waals surface area contributed by atoms with E-state index < -0.39 is 72.5 Å². The molecule has 0 spiro atoms. The zero-order chi connectivity index (χ0) is 33.1. The molecule has 0 aliphatic carbocycles. The number of rotatable bonds is 8. The molecule has 2 atom stereocenters. The monoisotopic (exact) mass is 666 g/mol. The zero-order valence-electron chi connectivity index (χ0n) is 22.5. The smallest absolute Gasteiger partial charge is 0.453 e. The van der Waals surface area contributed by atoms with Crippen LogP contribution in [0, 0.1) is 0 Å². The maximum Gasteiger partial charge on any atom is 0.453 e. The van der Waals surface area contributed by atoms with E-state index >= 15 is 0 Å².